The van der Waals surface area contributed by atoms with Gasteiger partial charge in [0.25, 0.3) is 0 Å². The number of hydrogen-bond acceptors (Lipinski definition) is 2. The molecule has 2 heteroatoms. The molecule has 1 fully saturated rings. The molecule has 0 aromatic carbocycles. The number of hydrogen-bond donors (Lipinski definition) is 1. The van der Waals surface area contributed by atoms with Gasteiger partial charge in [-0.25, -0.2) is 0 Å². The van der Waals surface area contributed by atoms with E-state index >= 15 is 0 Å². The summed E-state index contributed by atoms with van der Waals surface area (Å²) in [6.07, 6.45) is 7.62. The highest BCUT2D eigenvalue weighted by Crippen LogP contribution is 2.33. The van der Waals surface area contributed by atoms with E-state index in [1.807, 2.05) is 0 Å². The van der Waals surface area contributed by atoms with Gasteiger partial charge in [0.2, 0.25) is 0 Å². The van der Waals surface area contributed by atoms with Crippen LogP contribution in [0.3, 0.4) is 0 Å². The van der Waals surface area contributed by atoms with E-state index in [4.69, 9.17) is 0 Å². The van der Waals surface area contributed by atoms with Crippen molar-refractivity contribution in [1.82, 2.24) is 10.2 Å². The Morgan fingerprint density at radius 2 is 1.79 bits per heavy atom. The third-order valence-corrected chi connectivity index (χ3v) is 4.92. The van der Waals surface area contributed by atoms with E-state index in [2.05, 4.69) is 44.5 Å². The van der Waals surface area contributed by atoms with Crippen molar-refractivity contribution in [2.75, 3.05) is 19.6 Å². The van der Waals surface area contributed by atoms with Gasteiger partial charge < -0.3 is 5.32 Å². The van der Waals surface area contributed by atoms with Gasteiger partial charge in [-0.15, -0.1) is 6.58 Å². The molecular weight excluding hydrogens is 232 g/mol. The summed E-state index contributed by atoms with van der Waals surface area (Å²) in [5.41, 5.74) is 1.66. The first-order valence-corrected chi connectivity index (χ1v) is 8.23. The van der Waals surface area contributed by atoms with Crippen molar-refractivity contribution in [2.45, 2.75) is 77.8 Å². The Kier molecular flexibility index (Phi) is 7.09. The van der Waals surface area contributed by atoms with Gasteiger partial charge in [-0.1, -0.05) is 26.3 Å². The van der Waals surface area contributed by atoms with Crippen LogP contribution in [-0.4, -0.2) is 36.1 Å². The molecule has 0 spiro atoms. The first-order valence-electron chi connectivity index (χ1n) is 8.23. The van der Waals surface area contributed by atoms with Crippen LogP contribution in [0.1, 0.15) is 66.2 Å². The molecule has 0 aromatic heterocycles. The Hall–Kier alpha value is -0.340. The van der Waals surface area contributed by atoms with E-state index in [9.17, 15) is 0 Å². The van der Waals surface area contributed by atoms with Crippen molar-refractivity contribution in [1.29, 1.82) is 0 Å². The fourth-order valence-corrected chi connectivity index (χ4v) is 3.77. The van der Waals surface area contributed by atoms with Gasteiger partial charge in [0, 0.05) is 11.6 Å². The highest BCUT2D eigenvalue weighted by Gasteiger charge is 2.41. The quantitative estimate of drug-likeness (QED) is 0.635. The third-order valence-electron chi connectivity index (χ3n) is 4.92. The third kappa shape index (κ3) is 4.06. The average molecular weight is 266 g/mol. The maximum Gasteiger partial charge on any atom is 0.0357 e. The van der Waals surface area contributed by atoms with Gasteiger partial charge in [0.1, 0.15) is 0 Å². The molecule has 0 amide bonds. The number of likely N-dealkylation sites (tertiary alicyclic amines) is 1. The predicted octanol–water partition coefficient (Wildman–Crippen LogP) is 3.98. The molecule has 1 aliphatic rings. The number of nitrogens with one attached hydrogen (secondary N) is 1. The first kappa shape index (κ1) is 16.7. The van der Waals surface area contributed by atoms with Crippen LogP contribution in [0.15, 0.2) is 12.2 Å². The van der Waals surface area contributed by atoms with Crippen molar-refractivity contribution in [3.63, 3.8) is 0 Å². The van der Waals surface area contributed by atoms with Crippen molar-refractivity contribution < 1.29 is 0 Å². The van der Waals surface area contributed by atoms with Crippen LogP contribution >= 0.6 is 0 Å². The van der Waals surface area contributed by atoms with Crippen LogP contribution in [0.4, 0.5) is 0 Å². The molecule has 0 aliphatic carbocycles. The lowest BCUT2D eigenvalue weighted by Crippen LogP contribution is -2.60. The van der Waals surface area contributed by atoms with E-state index < -0.39 is 0 Å². The molecule has 1 heterocycles. The largest absolute Gasteiger partial charge is 0.312 e. The molecule has 1 saturated heterocycles. The normalized spacial score (nSPS) is 18.7. The van der Waals surface area contributed by atoms with Gasteiger partial charge in [0.05, 0.1) is 0 Å². The molecule has 1 aliphatic heterocycles. The topological polar surface area (TPSA) is 15.3 Å². The maximum absolute atomic E-state index is 4.08. The Labute approximate surface area is 120 Å². The lowest BCUT2D eigenvalue weighted by atomic mass is 9.80. The van der Waals surface area contributed by atoms with Crippen LogP contribution < -0.4 is 5.32 Å². The molecule has 0 radical (unpaired) electrons. The van der Waals surface area contributed by atoms with Crippen molar-refractivity contribution >= 4 is 0 Å². The molecule has 0 saturated carbocycles. The molecule has 1 rings (SSSR count). The second-order valence-electron chi connectivity index (χ2n) is 6.11. The van der Waals surface area contributed by atoms with Gasteiger partial charge >= 0.3 is 0 Å². The van der Waals surface area contributed by atoms with Crippen molar-refractivity contribution in [2.24, 2.45) is 0 Å². The number of likely N-dealkylation sites (N-methyl/N-ethyl adjacent to an activating group) is 1. The lowest BCUT2D eigenvalue weighted by Gasteiger charge is -2.47. The van der Waals surface area contributed by atoms with E-state index in [1.54, 1.807) is 0 Å². The number of nitrogens with zero attached hydrogens (tertiary/aromatic N) is 1. The number of rotatable bonds is 9. The van der Waals surface area contributed by atoms with E-state index in [-0.39, 0.29) is 0 Å². The van der Waals surface area contributed by atoms with E-state index in [0.29, 0.717) is 11.6 Å². The molecule has 0 aromatic rings. The Bertz CT molecular complexity index is 262. The second-order valence-corrected chi connectivity index (χ2v) is 6.11. The zero-order valence-corrected chi connectivity index (χ0v) is 13.6. The predicted molar refractivity (Wildman–Crippen MR) is 85.6 cm³/mol. The van der Waals surface area contributed by atoms with Crippen LogP contribution in [0.2, 0.25) is 0 Å². The zero-order valence-electron chi connectivity index (χ0n) is 13.6. The fourth-order valence-electron chi connectivity index (χ4n) is 3.77. The monoisotopic (exact) mass is 266 g/mol. The van der Waals surface area contributed by atoms with E-state index in [0.717, 1.165) is 13.0 Å². The summed E-state index contributed by atoms with van der Waals surface area (Å²) in [6.45, 7) is 16.8. The molecule has 1 unspecified atom stereocenters. The average Bonchev–Trinajstić information content (AvgIpc) is 2.92. The summed E-state index contributed by atoms with van der Waals surface area (Å²) in [5, 5.41) is 3.77. The Morgan fingerprint density at radius 3 is 2.21 bits per heavy atom. The summed E-state index contributed by atoms with van der Waals surface area (Å²) >= 11 is 0. The molecule has 0 bridgehead atoms. The molecular formula is C17H34N2. The smallest absolute Gasteiger partial charge is 0.0357 e. The van der Waals surface area contributed by atoms with Crippen molar-refractivity contribution in [3.05, 3.63) is 12.2 Å². The molecule has 1 atom stereocenters. The van der Waals surface area contributed by atoms with Crippen LogP contribution in [0.25, 0.3) is 0 Å². The summed E-state index contributed by atoms with van der Waals surface area (Å²) < 4.78 is 0. The molecule has 1 N–H and O–H groups in total. The lowest BCUT2D eigenvalue weighted by molar-refractivity contribution is 0.0593. The SMILES string of the molecule is C=C(C)CCC(NCC)C(CC)(CC)N1CCCC1. The summed E-state index contributed by atoms with van der Waals surface area (Å²) in [7, 11) is 0. The minimum atomic E-state index is 0.349. The zero-order chi connectivity index (χ0) is 14.3. The van der Waals surface area contributed by atoms with Gasteiger partial charge in [0.15, 0.2) is 0 Å². The van der Waals surface area contributed by atoms with Crippen LogP contribution in [0.5, 0.6) is 0 Å². The summed E-state index contributed by atoms with van der Waals surface area (Å²) in [6, 6.07) is 0.599. The van der Waals surface area contributed by atoms with Crippen LogP contribution in [-0.2, 0) is 0 Å². The Morgan fingerprint density at radius 1 is 1.21 bits per heavy atom. The summed E-state index contributed by atoms with van der Waals surface area (Å²) in [5.74, 6) is 0. The van der Waals surface area contributed by atoms with Gasteiger partial charge in [-0.2, -0.15) is 0 Å². The highest BCUT2D eigenvalue weighted by molar-refractivity contribution is 5.02. The minimum Gasteiger partial charge on any atom is -0.312 e. The molecule has 112 valence electrons. The number of allylic oxidation sites excluding steroid dienone is 1. The van der Waals surface area contributed by atoms with Crippen LogP contribution in [0, 0.1) is 0 Å². The second kappa shape index (κ2) is 8.06. The molecule has 19 heavy (non-hydrogen) atoms. The maximum atomic E-state index is 4.08. The van der Waals surface area contributed by atoms with Crippen molar-refractivity contribution in [3.8, 4) is 0 Å². The fraction of sp³-hybridized carbons (Fsp3) is 0.882. The standard InChI is InChI=1S/C17H34N2/c1-6-17(7-2,19-13-9-10-14-19)16(18-8-3)12-11-15(4)5/h16,18H,4,6-14H2,1-3,5H3. The highest BCUT2D eigenvalue weighted by atomic mass is 15.2. The first-order chi connectivity index (χ1) is 9.10. The summed E-state index contributed by atoms with van der Waals surface area (Å²) in [4.78, 5) is 2.76. The Balaban J connectivity index is 2.85. The van der Waals surface area contributed by atoms with Gasteiger partial charge in [-0.3, -0.25) is 4.90 Å². The molecule has 2 nitrogen and oxygen atoms in total. The minimum absolute atomic E-state index is 0.349. The van der Waals surface area contributed by atoms with E-state index in [1.165, 1.54) is 50.8 Å². The van der Waals surface area contributed by atoms with Gasteiger partial charge in [-0.05, 0) is 65.1 Å².